The van der Waals surface area contributed by atoms with E-state index in [4.69, 9.17) is 0 Å². The summed E-state index contributed by atoms with van der Waals surface area (Å²) >= 11 is 3.47. The number of nitrogens with zero attached hydrogens (tertiary/aromatic N) is 2. The molecule has 27 heavy (non-hydrogen) atoms. The molecular formula is C18H16BrF2N3O2S. The maximum atomic E-state index is 13.8. The van der Waals surface area contributed by atoms with Gasteiger partial charge in [-0.25, -0.2) is 17.2 Å². The van der Waals surface area contributed by atoms with Gasteiger partial charge in [0.05, 0.1) is 22.4 Å². The van der Waals surface area contributed by atoms with Gasteiger partial charge in [0.2, 0.25) is 0 Å². The number of aromatic nitrogens is 2. The topological polar surface area (TPSA) is 64.0 Å². The molecule has 3 aromatic rings. The number of anilines is 1. The molecule has 0 aliphatic carbocycles. The first-order valence-corrected chi connectivity index (χ1v) is 10.2. The third kappa shape index (κ3) is 4.19. The first-order chi connectivity index (χ1) is 12.7. The van der Waals surface area contributed by atoms with Crippen molar-refractivity contribution < 1.29 is 17.2 Å². The van der Waals surface area contributed by atoms with Gasteiger partial charge >= 0.3 is 0 Å². The minimum absolute atomic E-state index is 0.275. The summed E-state index contributed by atoms with van der Waals surface area (Å²) in [5.74, 6) is -1.99. The SMILES string of the molecule is Cc1nn(Cc2cccc(NS(=O)(=O)c3ccc(F)cc3F)c2)c(C)c1Br. The fourth-order valence-corrected chi connectivity index (χ4v) is 4.03. The van der Waals surface area contributed by atoms with Gasteiger partial charge in [0, 0.05) is 11.8 Å². The maximum absolute atomic E-state index is 13.8. The van der Waals surface area contributed by atoms with Crippen LogP contribution >= 0.6 is 15.9 Å². The zero-order valence-corrected chi connectivity index (χ0v) is 16.9. The Hall–Kier alpha value is -2.26. The molecule has 2 aromatic carbocycles. The number of nitrogens with one attached hydrogen (secondary N) is 1. The Bertz CT molecular complexity index is 1110. The molecule has 1 heterocycles. The second kappa shape index (κ2) is 7.40. The summed E-state index contributed by atoms with van der Waals surface area (Å²) in [6.45, 7) is 4.25. The van der Waals surface area contributed by atoms with E-state index in [0.717, 1.165) is 33.6 Å². The standard InChI is InChI=1S/C18H16BrF2N3O2S/c1-11-18(19)12(2)24(22-11)10-13-4-3-5-15(8-13)23-27(25,26)17-7-6-14(20)9-16(17)21/h3-9,23H,10H2,1-2H3. The number of sulfonamides is 1. The van der Waals surface area contributed by atoms with E-state index in [9.17, 15) is 17.2 Å². The molecule has 0 atom stereocenters. The van der Waals surface area contributed by atoms with Crippen molar-refractivity contribution >= 4 is 31.6 Å². The highest BCUT2D eigenvalue weighted by atomic mass is 79.9. The molecule has 0 fully saturated rings. The molecule has 1 aromatic heterocycles. The van der Waals surface area contributed by atoms with Gasteiger partial charge in [0.1, 0.15) is 16.5 Å². The predicted octanol–water partition coefficient (Wildman–Crippen LogP) is 4.39. The average Bonchev–Trinajstić information content (AvgIpc) is 2.81. The average molecular weight is 456 g/mol. The summed E-state index contributed by atoms with van der Waals surface area (Å²) in [5.41, 5.74) is 2.90. The molecule has 0 aliphatic rings. The van der Waals surface area contributed by atoms with Crippen LogP contribution in [0.3, 0.4) is 0 Å². The molecule has 0 amide bonds. The van der Waals surface area contributed by atoms with Crippen molar-refractivity contribution in [3.05, 3.63) is 75.5 Å². The first-order valence-electron chi connectivity index (χ1n) is 7.93. The number of rotatable bonds is 5. The van der Waals surface area contributed by atoms with Crippen LogP contribution in [0.4, 0.5) is 14.5 Å². The van der Waals surface area contributed by atoms with Crippen LogP contribution in [-0.4, -0.2) is 18.2 Å². The van der Waals surface area contributed by atoms with Crippen LogP contribution in [0.25, 0.3) is 0 Å². The highest BCUT2D eigenvalue weighted by Crippen LogP contribution is 2.23. The fourth-order valence-electron chi connectivity index (χ4n) is 2.64. The second-order valence-corrected chi connectivity index (χ2v) is 8.47. The largest absolute Gasteiger partial charge is 0.280 e. The monoisotopic (exact) mass is 455 g/mol. The van der Waals surface area contributed by atoms with E-state index >= 15 is 0 Å². The highest BCUT2D eigenvalue weighted by Gasteiger charge is 2.20. The van der Waals surface area contributed by atoms with Crippen LogP contribution in [0, 0.1) is 25.5 Å². The number of halogens is 3. The molecule has 0 saturated heterocycles. The molecule has 0 bridgehead atoms. The first kappa shape index (κ1) is 19.5. The van der Waals surface area contributed by atoms with E-state index in [2.05, 4.69) is 25.8 Å². The molecule has 0 saturated carbocycles. The Balaban J connectivity index is 1.86. The summed E-state index contributed by atoms with van der Waals surface area (Å²) in [6, 6.07) is 9.04. The van der Waals surface area contributed by atoms with Crippen molar-refractivity contribution in [2.75, 3.05) is 4.72 Å². The lowest BCUT2D eigenvalue weighted by molar-refractivity contribution is 0.551. The summed E-state index contributed by atoms with van der Waals surface area (Å²) < 4.78 is 56.7. The van der Waals surface area contributed by atoms with E-state index in [-0.39, 0.29) is 5.69 Å². The molecule has 5 nitrogen and oxygen atoms in total. The molecule has 0 spiro atoms. The minimum Gasteiger partial charge on any atom is -0.280 e. The van der Waals surface area contributed by atoms with Crippen molar-refractivity contribution in [3.8, 4) is 0 Å². The fraction of sp³-hybridized carbons (Fsp3) is 0.167. The number of hydrogen-bond donors (Lipinski definition) is 1. The van der Waals surface area contributed by atoms with Gasteiger partial charge in [-0.3, -0.25) is 9.40 Å². The van der Waals surface area contributed by atoms with Gasteiger partial charge in [-0.2, -0.15) is 5.10 Å². The lowest BCUT2D eigenvalue weighted by Gasteiger charge is -2.11. The Morgan fingerprint density at radius 2 is 1.89 bits per heavy atom. The van der Waals surface area contributed by atoms with Gasteiger partial charge in [-0.1, -0.05) is 12.1 Å². The lowest BCUT2D eigenvalue weighted by Crippen LogP contribution is -2.15. The van der Waals surface area contributed by atoms with Gasteiger partial charge in [0.25, 0.3) is 10.0 Å². The van der Waals surface area contributed by atoms with Crippen molar-refractivity contribution in [2.24, 2.45) is 0 Å². The maximum Gasteiger partial charge on any atom is 0.264 e. The van der Waals surface area contributed by atoms with Crippen molar-refractivity contribution in [3.63, 3.8) is 0 Å². The van der Waals surface area contributed by atoms with Crippen molar-refractivity contribution in [1.82, 2.24) is 9.78 Å². The van der Waals surface area contributed by atoms with Crippen LogP contribution in [0.2, 0.25) is 0 Å². The second-order valence-electron chi connectivity index (χ2n) is 6.02. The summed E-state index contributed by atoms with van der Waals surface area (Å²) in [7, 11) is -4.18. The number of benzene rings is 2. The van der Waals surface area contributed by atoms with Gasteiger partial charge in [-0.05, 0) is 59.6 Å². The van der Waals surface area contributed by atoms with Crippen molar-refractivity contribution in [1.29, 1.82) is 0 Å². The molecule has 1 N–H and O–H groups in total. The Labute approximate surface area is 164 Å². The third-order valence-corrected chi connectivity index (χ3v) is 6.55. The smallest absolute Gasteiger partial charge is 0.264 e. The summed E-state index contributed by atoms with van der Waals surface area (Å²) in [6.07, 6.45) is 0. The van der Waals surface area contributed by atoms with Crippen LogP contribution < -0.4 is 4.72 Å². The van der Waals surface area contributed by atoms with E-state index in [1.165, 1.54) is 0 Å². The third-order valence-electron chi connectivity index (χ3n) is 3.99. The minimum atomic E-state index is -4.18. The molecular weight excluding hydrogens is 440 g/mol. The molecule has 0 unspecified atom stereocenters. The van der Waals surface area contributed by atoms with Crippen LogP contribution in [0.15, 0.2) is 51.8 Å². The van der Waals surface area contributed by atoms with E-state index in [1.807, 2.05) is 19.9 Å². The Morgan fingerprint density at radius 3 is 2.52 bits per heavy atom. The van der Waals surface area contributed by atoms with Gasteiger partial charge < -0.3 is 0 Å². The molecule has 142 valence electrons. The zero-order valence-electron chi connectivity index (χ0n) is 14.5. The van der Waals surface area contributed by atoms with Crippen LogP contribution in [-0.2, 0) is 16.6 Å². The quantitative estimate of drug-likeness (QED) is 0.620. The van der Waals surface area contributed by atoms with Crippen LogP contribution in [0.5, 0.6) is 0 Å². The summed E-state index contributed by atoms with van der Waals surface area (Å²) in [5, 5.41) is 4.42. The Kier molecular flexibility index (Phi) is 5.34. The predicted molar refractivity (Wildman–Crippen MR) is 102 cm³/mol. The van der Waals surface area contributed by atoms with E-state index in [1.54, 1.807) is 22.9 Å². The zero-order chi connectivity index (χ0) is 19.8. The molecule has 0 radical (unpaired) electrons. The summed E-state index contributed by atoms with van der Waals surface area (Å²) in [4.78, 5) is -0.614. The number of aryl methyl sites for hydroxylation is 1. The lowest BCUT2D eigenvalue weighted by atomic mass is 10.2. The highest BCUT2D eigenvalue weighted by molar-refractivity contribution is 9.10. The van der Waals surface area contributed by atoms with E-state index < -0.39 is 26.6 Å². The molecule has 3 rings (SSSR count). The normalized spacial score (nSPS) is 11.6. The van der Waals surface area contributed by atoms with Gasteiger partial charge in [-0.15, -0.1) is 0 Å². The van der Waals surface area contributed by atoms with Crippen molar-refractivity contribution in [2.45, 2.75) is 25.3 Å². The molecule has 9 heteroatoms. The van der Waals surface area contributed by atoms with E-state index in [0.29, 0.717) is 12.6 Å². The number of hydrogen-bond acceptors (Lipinski definition) is 3. The van der Waals surface area contributed by atoms with Gasteiger partial charge in [0.15, 0.2) is 0 Å². The Morgan fingerprint density at radius 1 is 1.15 bits per heavy atom. The van der Waals surface area contributed by atoms with Crippen LogP contribution in [0.1, 0.15) is 17.0 Å². The molecule has 0 aliphatic heterocycles.